The van der Waals surface area contributed by atoms with E-state index in [-0.39, 0.29) is 0 Å². The average molecular weight is 285 g/mol. The van der Waals surface area contributed by atoms with Gasteiger partial charge in [0.1, 0.15) is 5.69 Å². The maximum Gasteiger partial charge on any atom is 0.240 e. The number of rotatable bonds is 5. The van der Waals surface area contributed by atoms with Crippen LogP contribution in [-0.2, 0) is 13.1 Å². The van der Waals surface area contributed by atoms with Crippen molar-refractivity contribution in [1.29, 1.82) is 0 Å². The summed E-state index contributed by atoms with van der Waals surface area (Å²) in [6.45, 7) is 2.96. The third kappa shape index (κ3) is 3.32. The zero-order valence-corrected chi connectivity index (χ0v) is 11.9. The lowest BCUT2D eigenvalue weighted by Gasteiger charge is -2.10. The van der Waals surface area contributed by atoms with Gasteiger partial charge in [-0.25, -0.2) is 0 Å². The fourth-order valence-electron chi connectivity index (χ4n) is 1.99. The summed E-state index contributed by atoms with van der Waals surface area (Å²) in [5.41, 5.74) is 1.71. The lowest BCUT2D eigenvalue weighted by molar-refractivity contribution is 0.233. The van der Waals surface area contributed by atoms with Gasteiger partial charge in [-0.2, -0.15) is 4.98 Å². The molecule has 7 nitrogen and oxygen atoms in total. The van der Waals surface area contributed by atoms with Crippen molar-refractivity contribution in [3.63, 3.8) is 0 Å². The molecule has 0 saturated heterocycles. The normalized spacial score (nSPS) is 11.2. The second kappa shape index (κ2) is 5.84. The van der Waals surface area contributed by atoms with Crippen LogP contribution in [0.4, 0.5) is 0 Å². The van der Waals surface area contributed by atoms with Crippen molar-refractivity contribution in [3.05, 3.63) is 48.1 Å². The standard InChI is InChI=1S/C14H15N5O2/c1-10-16-14(21-17-10)9-19(2)8-12-6-13(18-20-12)11-4-3-5-15-7-11/h3-7H,8-9H2,1-2H3. The van der Waals surface area contributed by atoms with E-state index in [9.17, 15) is 0 Å². The van der Waals surface area contributed by atoms with E-state index in [1.807, 2.05) is 30.1 Å². The summed E-state index contributed by atoms with van der Waals surface area (Å²) in [5, 5.41) is 7.82. The molecule has 7 heteroatoms. The average Bonchev–Trinajstić information content (AvgIpc) is 3.09. The summed E-state index contributed by atoms with van der Waals surface area (Å²) < 4.78 is 10.4. The number of hydrogen-bond donors (Lipinski definition) is 0. The van der Waals surface area contributed by atoms with Gasteiger partial charge in [-0.3, -0.25) is 9.88 Å². The highest BCUT2D eigenvalue weighted by molar-refractivity contribution is 5.57. The first-order valence-corrected chi connectivity index (χ1v) is 6.54. The van der Waals surface area contributed by atoms with Crippen LogP contribution in [0.25, 0.3) is 11.3 Å². The molecule has 0 spiro atoms. The molecule has 0 aliphatic heterocycles. The Kier molecular flexibility index (Phi) is 3.74. The fraction of sp³-hybridized carbons (Fsp3) is 0.286. The Morgan fingerprint density at radius 2 is 2.10 bits per heavy atom. The van der Waals surface area contributed by atoms with Crippen LogP contribution in [0.5, 0.6) is 0 Å². The number of hydrogen-bond acceptors (Lipinski definition) is 7. The summed E-state index contributed by atoms with van der Waals surface area (Å²) in [7, 11) is 1.95. The molecule has 0 N–H and O–H groups in total. The molecule has 3 rings (SSSR count). The van der Waals surface area contributed by atoms with Crippen LogP contribution in [0.15, 0.2) is 39.6 Å². The largest absolute Gasteiger partial charge is 0.359 e. The van der Waals surface area contributed by atoms with E-state index in [1.165, 1.54) is 0 Å². The van der Waals surface area contributed by atoms with Crippen molar-refractivity contribution in [2.45, 2.75) is 20.0 Å². The predicted octanol–water partition coefficient (Wildman–Crippen LogP) is 2.06. The molecule has 21 heavy (non-hydrogen) atoms. The monoisotopic (exact) mass is 285 g/mol. The van der Waals surface area contributed by atoms with Crippen LogP contribution in [0.2, 0.25) is 0 Å². The first-order valence-electron chi connectivity index (χ1n) is 6.54. The summed E-state index contributed by atoms with van der Waals surface area (Å²) in [6.07, 6.45) is 3.48. The van der Waals surface area contributed by atoms with Gasteiger partial charge in [-0.1, -0.05) is 10.3 Å². The Hall–Kier alpha value is -2.54. The van der Waals surface area contributed by atoms with E-state index in [2.05, 4.69) is 20.3 Å². The molecule has 108 valence electrons. The van der Waals surface area contributed by atoms with Gasteiger partial charge in [0.25, 0.3) is 0 Å². The van der Waals surface area contributed by atoms with Crippen LogP contribution in [0.3, 0.4) is 0 Å². The van der Waals surface area contributed by atoms with Crippen LogP contribution >= 0.6 is 0 Å². The van der Waals surface area contributed by atoms with Gasteiger partial charge >= 0.3 is 0 Å². The molecule has 0 bridgehead atoms. The smallest absolute Gasteiger partial charge is 0.240 e. The van der Waals surface area contributed by atoms with Gasteiger partial charge in [0.15, 0.2) is 11.6 Å². The summed E-state index contributed by atoms with van der Waals surface area (Å²) in [5.74, 6) is 1.99. The highest BCUT2D eigenvalue weighted by atomic mass is 16.5. The lowest BCUT2D eigenvalue weighted by Crippen LogP contribution is -2.17. The lowest BCUT2D eigenvalue weighted by atomic mass is 10.2. The molecular formula is C14H15N5O2. The van der Waals surface area contributed by atoms with Crippen LogP contribution in [0.1, 0.15) is 17.5 Å². The molecule has 0 radical (unpaired) electrons. The van der Waals surface area contributed by atoms with Crippen molar-refractivity contribution in [2.24, 2.45) is 0 Å². The Bertz CT molecular complexity index is 707. The minimum atomic E-state index is 0.559. The molecule has 0 aromatic carbocycles. The van der Waals surface area contributed by atoms with Gasteiger partial charge in [0, 0.05) is 24.0 Å². The number of nitrogens with zero attached hydrogens (tertiary/aromatic N) is 5. The maximum absolute atomic E-state index is 5.35. The molecule has 0 fully saturated rings. The van der Waals surface area contributed by atoms with E-state index < -0.39 is 0 Å². The molecule has 0 saturated carbocycles. The summed E-state index contributed by atoms with van der Waals surface area (Å²) in [6, 6.07) is 5.72. The second-order valence-electron chi connectivity index (χ2n) is 4.83. The Labute approximate surface area is 121 Å². The molecule has 0 amide bonds. The quantitative estimate of drug-likeness (QED) is 0.709. The highest BCUT2D eigenvalue weighted by Gasteiger charge is 2.11. The SMILES string of the molecule is Cc1noc(CN(C)Cc2cc(-c3cccnc3)no2)n1. The molecule has 0 unspecified atom stereocenters. The van der Waals surface area contributed by atoms with Crippen molar-refractivity contribution in [1.82, 2.24) is 25.2 Å². The maximum atomic E-state index is 5.35. The Morgan fingerprint density at radius 3 is 2.81 bits per heavy atom. The zero-order chi connectivity index (χ0) is 14.7. The molecule has 3 heterocycles. The summed E-state index contributed by atoms with van der Waals surface area (Å²) in [4.78, 5) is 10.3. The zero-order valence-electron chi connectivity index (χ0n) is 11.9. The molecule has 0 aliphatic rings. The van der Waals surface area contributed by atoms with Crippen molar-refractivity contribution in [2.75, 3.05) is 7.05 Å². The number of aryl methyl sites for hydroxylation is 1. The molecule has 0 atom stereocenters. The first-order chi connectivity index (χ1) is 10.2. The van der Waals surface area contributed by atoms with E-state index >= 15 is 0 Å². The van der Waals surface area contributed by atoms with Gasteiger partial charge in [0.05, 0.1) is 13.1 Å². The fourth-order valence-corrected chi connectivity index (χ4v) is 1.99. The van der Waals surface area contributed by atoms with Crippen LogP contribution < -0.4 is 0 Å². The van der Waals surface area contributed by atoms with E-state index in [1.54, 1.807) is 19.3 Å². The third-order valence-electron chi connectivity index (χ3n) is 2.92. The molecular weight excluding hydrogens is 270 g/mol. The topological polar surface area (TPSA) is 81.1 Å². The molecule has 3 aromatic rings. The van der Waals surface area contributed by atoms with Crippen molar-refractivity contribution in [3.8, 4) is 11.3 Å². The first kappa shape index (κ1) is 13.4. The second-order valence-corrected chi connectivity index (χ2v) is 4.83. The molecule has 0 aliphatic carbocycles. The third-order valence-corrected chi connectivity index (χ3v) is 2.92. The number of aromatic nitrogens is 4. The van der Waals surface area contributed by atoms with Gasteiger partial charge < -0.3 is 9.05 Å². The molecule has 3 aromatic heterocycles. The predicted molar refractivity (Wildman–Crippen MR) is 73.9 cm³/mol. The minimum Gasteiger partial charge on any atom is -0.359 e. The van der Waals surface area contributed by atoms with Crippen LogP contribution in [-0.4, -0.2) is 32.2 Å². The van der Waals surface area contributed by atoms with E-state index in [0.717, 1.165) is 17.0 Å². The van der Waals surface area contributed by atoms with Crippen molar-refractivity contribution >= 4 is 0 Å². The highest BCUT2D eigenvalue weighted by Crippen LogP contribution is 2.18. The summed E-state index contributed by atoms with van der Waals surface area (Å²) >= 11 is 0. The van der Waals surface area contributed by atoms with Crippen LogP contribution in [0, 0.1) is 6.92 Å². The Balaban J connectivity index is 1.64. The van der Waals surface area contributed by atoms with Gasteiger partial charge in [-0.15, -0.1) is 0 Å². The van der Waals surface area contributed by atoms with Gasteiger partial charge in [-0.05, 0) is 26.1 Å². The van der Waals surface area contributed by atoms with Crippen molar-refractivity contribution < 1.29 is 9.05 Å². The minimum absolute atomic E-state index is 0.559. The number of pyridine rings is 1. The van der Waals surface area contributed by atoms with E-state index in [0.29, 0.717) is 24.8 Å². The van der Waals surface area contributed by atoms with Gasteiger partial charge in [0.2, 0.25) is 5.89 Å². The van der Waals surface area contributed by atoms with E-state index in [4.69, 9.17) is 9.05 Å². The Morgan fingerprint density at radius 1 is 1.19 bits per heavy atom.